The van der Waals surface area contributed by atoms with Gasteiger partial charge >= 0.3 is 0 Å². The molecule has 0 spiro atoms. The van der Waals surface area contributed by atoms with Gasteiger partial charge in [0.2, 0.25) is 0 Å². The topological polar surface area (TPSA) is 64.0 Å². The Balaban J connectivity index is 1.74. The number of nitrogens with one attached hydrogen (secondary N) is 1. The van der Waals surface area contributed by atoms with Crippen molar-refractivity contribution in [3.8, 4) is 5.69 Å². The first-order valence-electron chi connectivity index (χ1n) is 10.1. The van der Waals surface area contributed by atoms with Crippen LogP contribution in [0.5, 0.6) is 0 Å². The summed E-state index contributed by atoms with van der Waals surface area (Å²) in [6, 6.07) is 16.6. The van der Waals surface area contributed by atoms with E-state index in [0.717, 1.165) is 25.7 Å². The zero-order valence-electron chi connectivity index (χ0n) is 15.9. The summed E-state index contributed by atoms with van der Waals surface area (Å²) < 4.78 is 1.33. The highest BCUT2D eigenvalue weighted by atomic mass is 16.2. The lowest BCUT2D eigenvalue weighted by molar-refractivity contribution is 0.0925. The standard InChI is InChI=1S/C23H25N3O2/c27-22(24-17-11-5-2-1-3-6-12-17)21-19-15-9-10-16-20(19)23(28)26(25-21)18-13-7-4-8-14-18/h4,7-10,13-17H,1-3,5-6,11-12H2,(H,24,27). The minimum absolute atomic E-state index is 0.172. The maximum atomic E-state index is 13.1. The number of nitrogens with zero attached hydrogens (tertiary/aromatic N) is 2. The Morgan fingerprint density at radius 1 is 0.857 bits per heavy atom. The van der Waals surface area contributed by atoms with Crippen LogP contribution in [-0.2, 0) is 0 Å². The fourth-order valence-electron chi connectivity index (χ4n) is 3.96. The lowest BCUT2D eigenvalue weighted by atomic mass is 9.96. The molecule has 0 saturated heterocycles. The number of amides is 1. The third-order valence-electron chi connectivity index (χ3n) is 5.46. The molecule has 1 saturated carbocycles. The molecule has 1 N–H and O–H groups in total. The number of aromatic nitrogens is 2. The van der Waals surface area contributed by atoms with Crippen LogP contribution in [0.15, 0.2) is 59.4 Å². The van der Waals surface area contributed by atoms with Crippen molar-refractivity contribution in [1.82, 2.24) is 15.1 Å². The van der Waals surface area contributed by atoms with Gasteiger partial charge in [-0.2, -0.15) is 9.78 Å². The van der Waals surface area contributed by atoms with Crippen LogP contribution in [0.1, 0.15) is 55.4 Å². The second kappa shape index (κ2) is 8.38. The average Bonchev–Trinajstić information content (AvgIpc) is 2.71. The van der Waals surface area contributed by atoms with Crippen molar-refractivity contribution in [2.24, 2.45) is 0 Å². The average molecular weight is 375 g/mol. The predicted octanol–water partition coefficient (Wildman–Crippen LogP) is 4.23. The van der Waals surface area contributed by atoms with E-state index < -0.39 is 0 Å². The SMILES string of the molecule is O=C(NC1CCCCCCC1)c1nn(-c2ccccc2)c(=O)c2ccccc12. The summed E-state index contributed by atoms with van der Waals surface area (Å²) in [5, 5.41) is 8.75. The molecule has 5 heteroatoms. The molecule has 1 heterocycles. The molecule has 1 aromatic heterocycles. The molecule has 1 aliphatic rings. The number of hydrogen-bond donors (Lipinski definition) is 1. The molecule has 1 amide bonds. The highest BCUT2D eigenvalue weighted by Gasteiger charge is 2.20. The van der Waals surface area contributed by atoms with Gasteiger partial charge in [0.25, 0.3) is 11.5 Å². The van der Waals surface area contributed by atoms with E-state index in [9.17, 15) is 9.59 Å². The number of fused-ring (bicyclic) bond motifs is 1. The molecule has 0 atom stereocenters. The van der Waals surface area contributed by atoms with Crippen molar-refractivity contribution in [2.45, 2.75) is 51.0 Å². The largest absolute Gasteiger partial charge is 0.348 e. The first-order valence-corrected chi connectivity index (χ1v) is 10.1. The van der Waals surface area contributed by atoms with Crippen LogP contribution in [0, 0.1) is 0 Å². The Morgan fingerprint density at radius 2 is 1.46 bits per heavy atom. The molecule has 1 aliphatic carbocycles. The molecule has 4 rings (SSSR count). The van der Waals surface area contributed by atoms with Crippen molar-refractivity contribution in [3.05, 3.63) is 70.6 Å². The van der Waals surface area contributed by atoms with Crippen molar-refractivity contribution in [1.29, 1.82) is 0 Å². The van der Waals surface area contributed by atoms with Crippen LogP contribution in [-0.4, -0.2) is 21.7 Å². The molecule has 1 fully saturated rings. The van der Waals surface area contributed by atoms with Crippen molar-refractivity contribution in [2.75, 3.05) is 0 Å². The van der Waals surface area contributed by atoms with Gasteiger partial charge in [-0.15, -0.1) is 0 Å². The Hall–Kier alpha value is -2.95. The smallest absolute Gasteiger partial charge is 0.279 e. The summed E-state index contributed by atoms with van der Waals surface area (Å²) in [6.45, 7) is 0. The van der Waals surface area contributed by atoms with Gasteiger partial charge in [0, 0.05) is 11.4 Å². The number of para-hydroxylation sites is 1. The van der Waals surface area contributed by atoms with E-state index in [4.69, 9.17) is 0 Å². The molecular formula is C23H25N3O2. The van der Waals surface area contributed by atoms with Gasteiger partial charge in [0.1, 0.15) is 0 Å². The van der Waals surface area contributed by atoms with Gasteiger partial charge in [-0.25, -0.2) is 0 Å². The van der Waals surface area contributed by atoms with Crippen LogP contribution in [0.25, 0.3) is 16.5 Å². The van der Waals surface area contributed by atoms with Gasteiger partial charge < -0.3 is 5.32 Å². The Morgan fingerprint density at radius 3 is 2.18 bits per heavy atom. The van der Waals surface area contributed by atoms with E-state index in [2.05, 4.69) is 10.4 Å². The third kappa shape index (κ3) is 3.84. The molecular weight excluding hydrogens is 350 g/mol. The highest BCUT2D eigenvalue weighted by molar-refractivity contribution is 6.05. The quantitative estimate of drug-likeness (QED) is 0.745. The minimum Gasteiger partial charge on any atom is -0.348 e. The number of carbonyl (C=O) groups is 1. The van der Waals surface area contributed by atoms with E-state index in [1.54, 1.807) is 12.1 Å². The molecule has 3 aromatic rings. The maximum absolute atomic E-state index is 13.1. The molecule has 0 unspecified atom stereocenters. The Labute approximate surface area is 164 Å². The first-order chi connectivity index (χ1) is 13.7. The Bertz CT molecular complexity index is 1020. The summed E-state index contributed by atoms with van der Waals surface area (Å²) in [4.78, 5) is 26.1. The highest BCUT2D eigenvalue weighted by Crippen LogP contribution is 2.19. The van der Waals surface area contributed by atoms with Gasteiger partial charge in [-0.3, -0.25) is 9.59 Å². The van der Waals surface area contributed by atoms with Gasteiger partial charge in [-0.05, 0) is 31.0 Å². The van der Waals surface area contributed by atoms with E-state index in [1.807, 2.05) is 42.5 Å². The van der Waals surface area contributed by atoms with Crippen molar-refractivity contribution < 1.29 is 4.79 Å². The van der Waals surface area contributed by atoms with Gasteiger partial charge in [0.05, 0.1) is 11.1 Å². The fourth-order valence-corrected chi connectivity index (χ4v) is 3.96. The second-order valence-electron chi connectivity index (χ2n) is 7.46. The van der Waals surface area contributed by atoms with Crippen LogP contribution in [0.2, 0.25) is 0 Å². The summed E-state index contributed by atoms with van der Waals surface area (Å²) in [7, 11) is 0. The maximum Gasteiger partial charge on any atom is 0.279 e. The molecule has 0 aliphatic heterocycles. The fraction of sp³-hybridized carbons (Fsp3) is 0.348. The van der Waals surface area contributed by atoms with Gasteiger partial charge in [0.15, 0.2) is 5.69 Å². The van der Waals surface area contributed by atoms with Crippen LogP contribution >= 0.6 is 0 Å². The first kappa shape index (κ1) is 18.4. The van der Waals surface area contributed by atoms with Crippen molar-refractivity contribution >= 4 is 16.7 Å². The summed E-state index contributed by atoms with van der Waals surface area (Å²) in [5.41, 5.74) is 0.740. The number of rotatable bonds is 3. The van der Waals surface area contributed by atoms with Crippen LogP contribution in [0.4, 0.5) is 0 Å². The lowest BCUT2D eigenvalue weighted by Gasteiger charge is -2.21. The van der Waals surface area contributed by atoms with E-state index in [1.165, 1.54) is 23.9 Å². The zero-order chi connectivity index (χ0) is 19.3. The van der Waals surface area contributed by atoms with E-state index >= 15 is 0 Å². The second-order valence-corrected chi connectivity index (χ2v) is 7.46. The normalized spacial score (nSPS) is 15.7. The van der Waals surface area contributed by atoms with E-state index in [0.29, 0.717) is 22.2 Å². The van der Waals surface area contributed by atoms with Gasteiger partial charge in [-0.1, -0.05) is 68.5 Å². The number of carbonyl (C=O) groups excluding carboxylic acids is 1. The molecule has 0 bridgehead atoms. The molecule has 28 heavy (non-hydrogen) atoms. The monoisotopic (exact) mass is 375 g/mol. The summed E-state index contributed by atoms with van der Waals surface area (Å²) in [5.74, 6) is -0.202. The lowest BCUT2D eigenvalue weighted by Crippen LogP contribution is -2.37. The van der Waals surface area contributed by atoms with Crippen molar-refractivity contribution in [3.63, 3.8) is 0 Å². The molecule has 2 aromatic carbocycles. The predicted molar refractivity (Wildman–Crippen MR) is 111 cm³/mol. The minimum atomic E-state index is -0.218. The van der Waals surface area contributed by atoms with Crippen LogP contribution < -0.4 is 10.9 Å². The molecule has 0 radical (unpaired) electrons. The number of hydrogen-bond acceptors (Lipinski definition) is 3. The number of benzene rings is 2. The van der Waals surface area contributed by atoms with Crippen LogP contribution in [0.3, 0.4) is 0 Å². The Kier molecular flexibility index (Phi) is 5.51. The van der Waals surface area contributed by atoms with E-state index in [-0.39, 0.29) is 17.5 Å². The summed E-state index contributed by atoms with van der Waals surface area (Å²) in [6.07, 6.45) is 8.03. The zero-order valence-corrected chi connectivity index (χ0v) is 15.9. The molecule has 144 valence electrons. The third-order valence-corrected chi connectivity index (χ3v) is 5.46. The summed E-state index contributed by atoms with van der Waals surface area (Å²) >= 11 is 0. The molecule has 5 nitrogen and oxygen atoms in total.